The van der Waals surface area contributed by atoms with Crippen molar-refractivity contribution in [2.24, 2.45) is 5.73 Å². The molecule has 7 heteroatoms. The number of carbonyl (C=O) groups is 2. The fraction of sp³-hybridized carbons (Fsp3) is 0.422. The van der Waals surface area contributed by atoms with Gasteiger partial charge in [-0.1, -0.05) is 43.3 Å². The smallest absolute Gasteiger partial charge is 0.307 e. The summed E-state index contributed by atoms with van der Waals surface area (Å²) in [5.74, 6) is -0.253. The molecule has 4 aromatic rings. The van der Waals surface area contributed by atoms with Crippen LogP contribution in [0.1, 0.15) is 128 Å². The van der Waals surface area contributed by atoms with E-state index in [1.165, 1.54) is 59.1 Å². The maximum atomic E-state index is 14.8. The van der Waals surface area contributed by atoms with Crippen molar-refractivity contribution in [3.05, 3.63) is 117 Å². The zero-order valence-corrected chi connectivity index (χ0v) is 31.7. The number of hydrogen-bond acceptors (Lipinski definition) is 5. The van der Waals surface area contributed by atoms with Crippen LogP contribution in [0.15, 0.2) is 60.7 Å². The highest BCUT2D eigenvalue weighted by molar-refractivity contribution is 5.76. The Morgan fingerprint density at radius 1 is 0.673 bits per heavy atom. The molecule has 0 aromatic heterocycles. The highest BCUT2D eigenvalue weighted by Crippen LogP contribution is 2.47. The summed E-state index contributed by atoms with van der Waals surface area (Å²) in [7, 11) is 0. The molecule has 52 heavy (non-hydrogen) atoms. The van der Waals surface area contributed by atoms with Crippen LogP contribution >= 0.6 is 0 Å². The summed E-state index contributed by atoms with van der Waals surface area (Å²) < 4.78 is 39.5. The lowest BCUT2D eigenvalue weighted by atomic mass is 9.87. The van der Waals surface area contributed by atoms with Gasteiger partial charge in [-0.2, -0.15) is 0 Å². The van der Waals surface area contributed by atoms with E-state index in [-0.39, 0.29) is 36.4 Å². The van der Waals surface area contributed by atoms with Gasteiger partial charge in [0.2, 0.25) is 0 Å². The van der Waals surface area contributed by atoms with Crippen LogP contribution < -0.4 is 5.73 Å². The van der Waals surface area contributed by atoms with Gasteiger partial charge in [-0.15, -0.1) is 0 Å². The minimum absolute atomic E-state index is 0.0308. The van der Waals surface area contributed by atoms with Crippen molar-refractivity contribution in [3.8, 4) is 22.3 Å². The summed E-state index contributed by atoms with van der Waals surface area (Å²) in [6.07, 6.45) is 5.01. The third-order valence-electron chi connectivity index (χ3n) is 10.2. The lowest BCUT2D eigenvalue weighted by molar-refractivity contribution is -0.144. The zero-order valence-electron chi connectivity index (χ0n) is 31.7. The Labute approximate surface area is 307 Å². The Morgan fingerprint density at radius 3 is 1.54 bits per heavy atom. The van der Waals surface area contributed by atoms with Crippen LogP contribution in [0.3, 0.4) is 0 Å². The first-order valence-electron chi connectivity index (χ1n) is 18.7. The zero-order chi connectivity index (χ0) is 37.7. The fourth-order valence-electron chi connectivity index (χ4n) is 7.24. The van der Waals surface area contributed by atoms with E-state index in [0.29, 0.717) is 47.3 Å². The van der Waals surface area contributed by atoms with Crippen molar-refractivity contribution in [2.45, 2.75) is 111 Å². The molecule has 0 heterocycles. The van der Waals surface area contributed by atoms with E-state index in [9.17, 15) is 18.4 Å². The minimum Gasteiger partial charge on any atom is -0.466 e. The van der Waals surface area contributed by atoms with E-state index < -0.39 is 12.0 Å². The molecule has 2 atom stereocenters. The molecule has 6 rings (SSSR count). The van der Waals surface area contributed by atoms with Crippen molar-refractivity contribution >= 4 is 11.9 Å². The molecule has 4 aromatic carbocycles. The first-order valence-corrected chi connectivity index (χ1v) is 18.7. The summed E-state index contributed by atoms with van der Waals surface area (Å²) in [5, 5.41) is 0. The summed E-state index contributed by atoms with van der Waals surface area (Å²) in [6, 6.07) is 19.6. The average molecular weight is 710 g/mol. The maximum Gasteiger partial charge on any atom is 0.307 e. The van der Waals surface area contributed by atoms with Crippen LogP contribution in [0.4, 0.5) is 8.78 Å². The molecule has 0 aliphatic heterocycles. The van der Waals surface area contributed by atoms with Gasteiger partial charge in [0.1, 0.15) is 11.6 Å². The quantitative estimate of drug-likeness (QED) is 0.148. The van der Waals surface area contributed by atoms with Crippen LogP contribution in [0.2, 0.25) is 0 Å². The predicted molar refractivity (Wildman–Crippen MR) is 204 cm³/mol. The molecule has 0 unspecified atom stereocenters. The second-order valence-electron chi connectivity index (χ2n) is 14.5. The van der Waals surface area contributed by atoms with Crippen molar-refractivity contribution in [3.63, 3.8) is 0 Å². The fourth-order valence-corrected chi connectivity index (χ4v) is 7.24. The molecule has 0 amide bonds. The van der Waals surface area contributed by atoms with Crippen LogP contribution in [-0.2, 0) is 19.1 Å². The van der Waals surface area contributed by atoms with Crippen LogP contribution in [0.5, 0.6) is 0 Å². The molecule has 0 saturated heterocycles. The number of benzene rings is 4. The Bertz CT molecular complexity index is 1790. The number of ether oxygens (including phenoxy) is 2. The van der Waals surface area contributed by atoms with E-state index in [1.807, 2.05) is 25.1 Å². The number of rotatable bonds is 12. The standard InChI is InChI=1S/C23H27FO2.C22H26FNO2/c1-5-26-21(25)12-15(3)20-13-18(11-16(4)23(20)24)22-14(2)7-6-8-19(22)17-9-10-17;1-4-26-20(25)12-19(24)18-11-16(10-14(3)22(18)23)21-13(2)6-5-7-17(21)15-8-9-15/h6-8,11,13,15,17H,5,9-10,12H2,1-4H3;5-7,10-11,15,19H,4,8-9,12,24H2,1-3H3/t15-;19-/m00/s1. The maximum absolute atomic E-state index is 14.8. The topological polar surface area (TPSA) is 78.6 Å². The third kappa shape index (κ3) is 9.16. The SMILES string of the molecule is CCOC(=O)C[C@H](C)c1cc(-c2c(C)cccc2C2CC2)cc(C)c1F.CCOC(=O)C[C@H](N)c1cc(-c2c(C)cccc2C2CC2)cc(C)c1F. The van der Waals surface area contributed by atoms with Gasteiger partial charge in [-0.25, -0.2) is 8.78 Å². The number of nitrogens with two attached hydrogens (primary N) is 1. The predicted octanol–water partition coefficient (Wildman–Crippen LogP) is 11.0. The van der Waals surface area contributed by atoms with Gasteiger partial charge >= 0.3 is 11.9 Å². The largest absolute Gasteiger partial charge is 0.466 e. The lowest BCUT2D eigenvalue weighted by Gasteiger charge is -2.18. The highest BCUT2D eigenvalue weighted by atomic mass is 19.1. The van der Waals surface area contributed by atoms with Crippen LogP contribution in [0, 0.1) is 39.3 Å². The number of hydrogen-bond donors (Lipinski definition) is 1. The Morgan fingerprint density at radius 2 is 1.10 bits per heavy atom. The molecule has 5 nitrogen and oxygen atoms in total. The number of carbonyl (C=O) groups excluding carboxylic acids is 2. The molecule has 276 valence electrons. The van der Waals surface area contributed by atoms with Gasteiger partial charge in [-0.3, -0.25) is 9.59 Å². The molecular formula is C45H53F2NO4. The van der Waals surface area contributed by atoms with E-state index in [2.05, 4.69) is 50.2 Å². The molecular weight excluding hydrogens is 656 g/mol. The Kier molecular flexibility index (Phi) is 12.7. The van der Waals surface area contributed by atoms with Gasteiger partial charge in [-0.05, 0) is 170 Å². The summed E-state index contributed by atoms with van der Waals surface area (Å²) in [6.45, 7) is 13.8. The normalized spacial score (nSPS) is 15.0. The van der Waals surface area contributed by atoms with Gasteiger partial charge in [0, 0.05) is 11.6 Å². The number of esters is 2. The van der Waals surface area contributed by atoms with E-state index in [4.69, 9.17) is 15.2 Å². The van der Waals surface area contributed by atoms with Gasteiger partial charge < -0.3 is 15.2 Å². The average Bonchev–Trinajstić information content (AvgIpc) is 4.02. The lowest BCUT2D eigenvalue weighted by Crippen LogP contribution is -2.19. The van der Waals surface area contributed by atoms with Gasteiger partial charge in [0.25, 0.3) is 0 Å². The summed E-state index contributed by atoms with van der Waals surface area (Å²) in [5.41, 5.74) is 17.8. The van der Waals surface area contributed by atoms with Crippen LogP contribution in [-0.4, -0.2) is 25.2 Å². The first-order chi connectivity index (χ1) is 24.8. The monoisotopic (exact) mass is 709 g/mol. The Balaban J connectivity index is 0.000000201. The van der Waals surface area contributed by atoms with E-state index >= 15 is 0 Å². The van der Waals surface area contributed by atoms with Crippen LogP contribution in [0.25, 0.3) is 22.3 Å². The molecule has 2 fully saturated rings. The highest BCUT2D eigenvalue weighted by Gasteiger charge is 2.29. The second kappa shape index (κ2) is 17.0. The van der Waals surface area contributed by atoms with E-state index in [0.717, 1.165) is 11.1 Å². The molecule has 0 spiro atoms. The van der Waals surface area contributed by atoms with Crippen molar-refractivity contribution in [1.29, 1.82) is 0 Å². The minimum atomic E-state index is -0.721. The molecule has 2 saturated carbocycles. The number of aryl methyl sites for hydroxylation is 4. The van der Waals surface area contributed by atoms with Crippen molar-refractivity contribution in [2.75, 3.05) is 13.2 Å². The molecule has 2 aliphatic carbocycles. The summed E-state index contributed by atoms with van der Waals surface area (Å²) >= 11 is 0. The number of halogens is 2. The van der Waals surface area contributed by atoms with Crippen molar-refractivity contribution < 1.29 is 27.8 Å². The van der Waals surface area contributed by atoms with E-state index in [1.54, 1.807) is 33.8 Å². The third-order valence-corrected chi connectivity index (χ3v) is 10.2. The van der Waals surface area contributed by atoms with Gasteiger partial charge in [0.05, 0.1) is 26.1 Å². The first kappa shape index (κ1) is 38.9. The molecule has 2 aliphatic rings. The van der Waals surface area contributed by atoms with Crippen molar-refractivity contribution in [1.82, 2.24) is 0 Å². The molecule has 0 radical (unpaired) electrons. The second-order valence-corrected chi connectivity index (χ2v) is 14.5. The Hall–Kier alpha value is -4.36. The van der Waals surface area contributed by atoms with Gasteiger partial charge in [0.15, 0.2) is 0 Å². The molecule has 2 N–H and O–H groups in total. The summed E-state index contributed by atoms with van der Waals surface area (Å²) in [4.78, 5) is 23.6. The molecule has 0 bridgehead atoms.